The predicted molar refractivity (Wildman–Crippen MR) is 149 cm³/mol. The average molecular weight is 537 g/mol. The fourth-order valence-electron chi connectivity index (χ4n) is 4.41. The number of carbonyl (C=O) groups is 1. The van der Waals surface area contributed by atoms with Crippen LogP contribution in [0.4, 0.5) is 23.0 Å². The molecule has 1 fully saturated rings. The maximum absolute atomic E-state index is 11.7. The van der Waals surface area contributed by atoms with E-state index in [0.29, 0.717) is 54.5 Å². The van der Waals surface area contributed by atoms with E-state index in [0.717, 1.165) is 22.8 Å². The molecule has 38 heavy (non-hydrogen) atoms. The van der Waals surface area contributed by atoms with Crippen LogP contribution in [0, 0.1) is 0 Å². The Morgan fingerprint density at radius 2 is 2.03 bits per heavy atom. The van der Waals surface area contributed by atoms with Crippen LogP contribution in [0.3, 0.4) is 0 Å². The van der Waals surface area contributed by atoms with Crippen molar-refractivity contribution in [3.8, 4) is 22.9 Å². The van der Waals surface area contributed by atoms with E-state index in [2.05, 4.69) is 33.5 Å². The summed E-state index contributed by atoms with van der Waals surface area (Å²) in [5.41, 5.74) is 2.72. The largest absolute Gasteiger partial charge is 0.479 e. The van der Waals surface area contributed by atoms with E-state index in [1.54, 1.807) is 24.0 Å². The van der Waals surface area contributed by atoms with Crippen LogP contribution in [0.2, 0.25) is 0 Å². The van der Waals surface area contributed by atoms with E-state index in [9.17, 15) is 4.79 Å². The molecular formula is C27H32N6O4S. The lowest BCUT2D eigenvalue weighted by Crippen LogP contribution is -2.43. The highest BCUT2D eigenvalue weighted by Gasteiger charge is 2.29. The van der Waals surface area contributed by atoms with Gasteiger partial charge in [-0.3, -0.25) is 4.79 Å². The Morgan fingerprint density at radius 3 is 2.79 bits per heavy atom. The van der Waals surface area contributed by atoms with Crippen molar-refractivity contribution in [2.24, 2.45) is 0 Å². The number of hydrogen-bond acceptors (Lipinski definition) is 10. The molecule has 0 radical (unpaired) electrons. The Labute approximate surface area is 226 Å². The third kappa shape index (κ3) is 5.78. The van der Waals surface area contributed by atoms with Crippen molar-refractivity contribution in [1.82, 2.24) is 15.0 Å². The fourth-order valence-corrected chi connectivity index (χ4v) is 4.84. The van der Waals surface area contributed by atoms with Gasteiger partial charge in [0, 0.05) is 49.1 Å². The van der Waals surface area contributed by atoms with Gasteiger partial charge in [0.05, 0.1) is 24.6 Å². The van der Waals surface area contributed by atoms with E-state index in [1.807, 2.05) is 38.3 Å². The van der Waals surface area contributed by atoms with E-state index >= 15 is 0 Å². The molecule has 10 nitrogen and oxygen atoms in total. The quantitative estimate of drug-likeness (QED) is 0.429. The molecule has 0 bridgehead atoms. The third-order valence-electron chi connectivity index (χ3n) is 6.21. The number of pyridine rings is 3. The molecule has 2 N–H and O–H groups in total. The molecule has 200 valence electrons. The molecule has 0 aliphatic carbocycles. The zero-order valence-corrected chi connectivity index (χ0v) is 23.0. The third-order valence-corrected chi connectivity index (χ3v) is 6.84. The van der Waals surface area contributed by atoms with Gasteiger partial charge in [-0.15, -0.1) is 11.8 Å². The normalized spacial score (nSPS) is 18.1. The number of aromatic nitrogens is 3. The van der Waals surface area contributed by atoms with Crippen molar-refractivity contribution < 1.29 is 19.0 Å². The minimum Gasteiger partial charge on any atom is -0.479 e. The van der Waals surface area contributed by atoms with Crippen LogP contribution in [0.15, 0.2) is 41.6 Å². The summed E-state index contributed by atoms with van der Waals surface area (Å²) in [5, 5.41) is 7.11. The number of anilines is 4. The molecular weight excluding hydrogens is 504 g/mol. The van der Waals surface area contributed by atoms with Crippen LogP contribution in [0.1, 0.15) is 27.7 Å². The van der Waals surface area contributed by atoms with Gasteiger partial charge in [-0.05, 0) is 45.2 Å². The first-order valence-corrected chi connectivity index (χ1v) is 13.7. The number of morpholine rings is 1. The molecule has 0 aromatic carbocycles. The molecule has 5 heterocycles. The van der Waals surface area contributed by atoms with Crippen molar-refractivity contribution >= 4 is 40.7 Å². The van der Waals surface area contributed by atoms with Crippen LogP contribution in [0.5, 0.6) is 11.6 Å². The molecule has 1 saturated heterocycles. The minimum absolute atomic E-state index is 0.206. The number of ether oxygens (including phenoxy) is 3. The first-order chi connectivity index (χ1) is 18.2. The Bertz CT molecular complexity index is 1350. The number of hydrogen-bond donors (Lipinski definition) is 2. The monoisotopic (exact) mass is 536 g/mol. The maximum Gasteiger partial charge on any atom is 0.257 e. The average Bonchev–Trinajstić information content (AvgIpc) is 2.88. The summed E-state index contributed by atoms with van der Waals surface area (Å²) < 4.78 is 17.5. The molecule has 0 saturated carbocycles. The van der Waals surface area contributed by atoms with E-state index in [4.69, 9.17) is 24.2 Å². The summed E-state index contributed by atoms with van der Waals surface area (Å²) in [4.78, 5) is 28.0. The van der Waals surface area contributed by atoms with E-state index in [1.165, 1.54) is 6.92 Å². The number of nitrogens with zero attached hydrogens (tertiary/aromatic N) is 4. The standard InChI is InChI=1S/C27H32N6O4S/c1-16-14-35-9-8-33(16)18-10-24(32-25(11-18)38-5)30-21-12-23(29-17(2)34)28-13-19(21)20-6-7-22-26(31-20)36-15-27(3,4)37-22/h6-7,10-13,16H,8-9,14-15H2,1-5H3,(H2,28,29,30,32,34). The smallest absolute Gasteiger partial charge is 0.257 e. The zero-order chi connectivity index (χ0) is 26.9. The molecule has 2 aliphatic rings. The summed E-state index contributed by atoms with van der Waals surface area (Å²) in [6.07, 6.45) is 3.69. The van der Waals surface area contributed by atoms with Crippen molar-refractivity contribution in [2.45, 2.75) is 44.4 Å². The molecule has 1 unspecified atom stereocenters. The van der Waals surface area contributed by atoms with Gasteiger partial charge >= 0.3 is 0 Å². The van der Waals surface area contributed by atoms with Crippen molar-refractivity contribution in [2.75, 3.05) is 48.2 Å². The lowest BCUT2D eigenvalue weighted by Gasteiger charge is -2.35. The van der Waals surface area contributed by atoms with Crippen LogP contribution < -0.4 is 25.0 Å². The van der Waals surface area contributed by atoms with Crippen molar-refractivity contribution in [3.63, 3.8) is 0 Å². The van der Waals surface area contributed by atoms with Gasteiger partial charge in [0.25, 0.3) is 5.88 Å². The van der Waals surface area contributed by atoms with Crippen LogP contribution in [0.25, 0.3) is 11.3 Å². The highest BCUT2D eigenvalue weighted by atomic mass is 32.2. The van der Waals surface area contributed by atoms with E-state index < -0.39 is 5.60 Å². The molecule has 1 amide bonds. The number of fused-ring (bicyclic) bond motifs is 1. The van der Waals surface area contributed by atoms with Gasteiger partial charge in [-0.1, -0.05) is 0 Å². The van der Waals surface area contributed by atoms with Gasteiger partial charge < -0.3 is 29.7 Å². The van der Waals surface area contributed by atoms with Gasteiger partial charge in [-0.2, -0.15) is 0 Å². The Balaban J connectivity index is 1.53. The van der Waals surface area contributed by atoms with Gasteiger partial charge in [-0.25, -0.2) is 15.0 Å². The second-order valence-corrected chi connectivity index (χ2v) is 10.8. The summed E-state index contributed by atoms with van der Waals surface area (Å²) >= 11 is 1.58. The molecule has 0 spiro atoms. The van der Waals surface area contributed by atoms with Crippen LogP contribution in [-0.4, -0.2) is 65.1 Å². The van der Waals surface area contributed by atoms with Crippen LogP contribution in [-0.2, 0) is 9.53 Å². The molecule has 11 heteroatoms. The summed E-state index contributed by atoms with van der Waals surface area (Å²) in [7, 11) is 0. The molecule has 3 aromatic rings. The van der Waals surface area contributed by atoms with Gasteiger partial charge in [0.1, 0.15) is 28.9 Å². The Morgan fingerprint density at radius 1 is 1.18 bits per heavy atom. The summed E-state index contributed by atoms with van der Waals surface area (Å²) in [6, 6.07) is 9.89. The lowest BCUT2D eigenvalue weighted by molar-refractivity contribution is -0.114. The highest BCUT2D eigenvalue weighted by molar-refractivity contribution is 7.98. The molecule has 2 aliphatic heterocycles. The maximum atomic E-state index is 11.7. The second kappa shape index (κ2) is 10.7. The topological polar surface area (TPSA) is 111 Å². The van der Waals surface area contributed by atoms with Crippen LogP contribution >= 0.6 is 11.8 Å². The number of rotatable bonds is 6. The lowest BCUT2D eigenvalue weighted by atomic mass is 10.1. The molecule has 5 rings (SSSR count). The second-order valence-electron chi connectivity index (χ2n) is 9.94. The number of thioether (sulfide) groups is 1. The summed E-state index contributed by atoms with van der Waals surface area (Å²) in [5.74, 6) is 1.92. The minimum atomic E-state index is -0.422. The SMILES string of the molecule is CSc1cc(N2CCOCC2C)cc(Nc2cc(NC(C)=O)ncc2-c2ccc3c(n2)OCC(C)(C)O3)n1. The van der Waals surface area contributed by atoms with Crippen molar-refractivity contribution in [1.29, 1.82) is 0 Å². The Hall–Kier alpha value is -3.57. The van der Waals surface area contributed by atoms with Crippen molar-refractivity contribution in [3.05, 3.63) is 36.5 Å². The van der Waals surface area contributed by atoms with Gasteiger partial charge in [0.2, 0.25) is 5.91 Å². The number of carbonyl (C=O) groups excluding carboxylic acids is 1. The molecule has 3 aromatic heterocycles. The number of amides is 1. The predicted octanol–water partition coefficient (Wildman–Crippen LogP) is 4.74. The Kier molecular flexibility index (Phi) is 7.31. The van der Waals surface area contributed by atoms with E-state index in [-0.39, 0.29) is 11.9 Å². The zero-order valence-electron chi connectivity index (χ0n) is 22.2. The van der Waals surface area contributed by atoms with Gasteiger partial charge in [0.15, 0.2) is 5.75 Å². The molecule has 1 atom stereocenters. The number of nitrogens with one attached hydrogen (secondary N) is 2. The first kappa shape index (κ1) is 26.1. The highest BCUT2D eigenvalue weighted by Crippen LogP contribution is 2.38. The first-order valence-electron chi connectivity index (χ1n) is 12.5. The summed E-state index contributed by atoms with van der Waals surface area (Å²) in [6.45, 7) is 10.1. The fraction of sp³-hybridized carbons (Fsp3) is 0.407.